The van der Waals surface area contributed by atoms with Crippen LogP contribution in [-0.4, -0.2) is 72.5 Å². The number of likely N-dealkylation sites (tertiary alicyclic amines) is 2. The van der Waals surface area contributed by atoms with E-state index in [1.165, 1.54) is 11.1 Å². The van der Waals surface area contributed by atoms with Gasteiger partial charge in [0.25, 0.3) is 0 Å². The van der Waals surface area contributed by atoms with Gasteiger partial charge in [-0.05, 0) is 103 Å². The predicted molar refractivity (Wildman–Crippen MR) is 177 cm³/mol. The van der Waals surface area contributed by atoms with Crippen molar-refractivity contribution >= 4 is 35.2 Å². The second-order valence-electron chi connectivity index (χ2n) is 14.8. The van der Waals surface area contributed by atoms with Gasteiger partial charge in [0.2, 0.25) is 0 Å². The van der Waals surface area contributed by atoms with Gasteiger partial charge in [-0.1, -0.05) is 23.7 Å². The van der Waals surface area contributed by atoms with E-state index in [9.17, 15) is 9.59 Å². The van der Waals surface area contributed by atoms with Gasteiger partial charge in [-0.15, -0.1) is 0 Å². The van der Waals surface area contributed by atoms with E-state index in [-0.39, 0.29) is 23.0 Å². The van der Waals surface area contributed by atoms with Gasteiger partial charge in [-0.2, -0.15) is 5.26 Å². The average molecular weight is 636 g/mol. The Morgan fingerprint density at radius 2 is 1.18 bits per heavy atom. The van der Waals surface area contributed by atoms with Crippen LogP contribution in [0.4, 0.5) is 21.0 Å². The van der Waals surface area contributed by atoms with Crippen LogP contribution >= 0.6 is 11.6 Å². The van der Waals surface area contributed by atoms with Crippen molar-refractivity contribution in [2.45, 2.75) is 89.3 Å². The molecule has 10 heteroatoms. The summed E-state index contributed by atoms with van der Waals surface area (Å²) in [4.78, 5) is 28.0. The molecule has 2 saturated heterocycles. The number of halogens is 1. The number of benzene rings is 2. The monoisotopic (exact) mass is 635 g/mol. The smallest absolute Gasteiger partial charge is 0.410 e. The molecule has 0 unspecified atom stereocenters. The minimum atomic E-state index is -0.457. The van der Waals surface area contributed by atoms with E-state index >= 15 is 0 Å². The molecule has 0 aliphatic carbocycles. The summed E-state index contributed by atoms with van der Waals surface area (Å²) >= 11 is 6.07. The van der Waals surface area contributed by atoms with Crippen LogP contribution in [0.1, 0.15) is 83.9 Å². The van der Waals surface area contributed by atoms with Crippen LogP contribution in [0, 0.1) is 11.3 Å². The lowest BCUT2D eigenvalue weighted by Gasteiger charge is -2.39. The van der Waals surface area contributed by atoms with Gasteiger partial charge < -0.3 is 29.9 Å². The number of fused-ring (bicyclic) bond motifs is 4. The van der Waals surface area contributed by atoms with Crippen LogP contribution < -0.4 is 10.6 Å². The van der Waals surface area contributed by atoms with E-state index in [0.717, 1.165) is 68.3 Å². The maximum atomic E-state index is 12.2. The molecule has 2 amide bonds. The number of hydrogen-bond acceptors (Lipinski definition) is 7. The minimum Gasteiger partial charge on any atom is -0.444 e. The number of nitrogens with one attached hydrogen (secondary N) is 2. The summed E-state index contributed by atoms with van der Waals surface area (Å²) in [5.41, 5.74) is 4.79. The molecule has 2 spiro atoms. The highest BCUT2D eigenvalue weighted by Gasteiger charge is 2.44. The van der Waals surface area contributed by atoms with Crippen molar-refractivity contribution in [3.8, 4) is 6.07 Å². The fourth-order valence-corrected chi connectivity index (χ4v) is 7.02. The largest absolute Gasteiger partial charge is 0.444 e. The van der Waals surface area contributed by atoms with Gasteiger partial charge in [0.05, 0.1) is 11.6 Å². The normalized spacial score (nSPS) is 19.3. The summed E-state index contributed by atoms with van der Waals surface area (Å²) in [6.07, 6.45) is 3.31. The number of carbonyl (C=O) groups is 2. The van der Waals surface area contributed by atoms with Gasteiger partial charge in [-0.3, -0.25) is 0 Å². The maximum absolute atomic E-state index is 12.2. The number of piperidine rings is 2. The molecular formula is C35H46ClN5O4. The molecule has 6 rings (SSSR count). The van der Waals surface area contributed by atoms with Crippen molar-refractivity contribution < 1.29 is 19.1 Å². The molecule has 0 aromatic heterocycles. The Morgan fingerprint density at radius 1 is 0.756 bits per heavy atom. The molecule has 0 bridgehead atoms. The highest BCUT2D eigenvalue weighted by molar-refractivity contribution is 6.30. The van der Waals surface area contributed by atoms with Crippen LogP contribution in [-0.2, 0) is 20.3 Å². The van der Waals surface area contributed by atoms with E-state index in [1.54, 1.807) is 4.90 Å². The number of ether oxygens (including phenoxy) is 2. The van der Waals surface area contributed by atoms with Crippen molar-refractivity contribution in [1.29, 1.82) is 5.26 Å². The summed E-state index contributed by atoms with van der Waals surface area (Å²) in [5, 5.41) is 16.7. The number of nitriles is 1. The molecule has 2 N–H and O–H groups in total. The number of nitrogens with zero attached hydrogens (tertiary/aromatic N) is 3. The number of hydrogen-bond donors (Lipinski definition) is 2. The van der Waals surface area contributed by atoms with Crippen LogP contribution in [0.25, 0.3) is 0 Å². The lowest BCUT2D eigenvalue weighted by Crippen LogP contribution is -2.47. The molecule has 9 nitrogen and oxygen atoms in total. The van der Waals surface area contributed by atoms with Crippen molar-refractivity contribution in [1.82, 2.24) is 9.80 Å². The zero-order valence-electron chi connectivity index (χ0n) is 27.4. The second kappa shape index (κ2) is 12.3. The SMILES string of the molecule is CC(C)(C)OC(=O)N1CCC2(CC1)CNc1cc(C#N)ccc12.CC(C)(C)OC(=O)N1CCC2(CC1)CNc1cc(Cl)ccc12. The topological polar surface area (TPSA) is 107 Å². The quantitative estimate of drug-likeness (QED) is 0.313. The summed E-state index contributed by atoms with van der Waals surface area (Å²) in [6, 6.07) is 14.1. The molecule has 2 fully saturated rings. The Bertz CT molecular complexity index is 1470. The van der Waals surface area contributed by atoms with Gasteiger partial charge in [0.15, 0.2) is 0 Å². The first-order chi connectivity index (χ1) is 21.1. The first-order valence-electron chi connectivity index (χ1n) is 15.9. The van der Waals surface area contributed by atoms with Gasteiger partial charge in [-0.25, -0.2) is 9.59 Å². The third kappa shape index (κ3) is 7.27. The molecule has 242 valence electrons. The van der Waals surface area contributed by atoms with Crippen LogP contribution in [0.3, 0.4) is 0 Å². The highest BCUT2D eigenvalue weighted by Crippen LogP contribution is 2.46. The van der Waals surface area contributed by atoms with Gasteiger partial charge >= 0.3 is 12.2 Å². The van der Waals surface area contributed by atoms with E-state index in [1.807, 2.05) is 70.7 Å². The fourth-order valence-electron chi connectivity index (χ4n) is 6.85. The Labute approximate surface area is 272 Å². The molecule has 4 heterocycles. The van der Waals surface area contributed by atoms with Crippen LogP contribution in [0.15, 0.2) is 36.4 Å². The van der Waals surface area contributed by atoms with Gasteiger partial charge in [0, 0.05) is 66.5 Å². The molecule has 0 saturated carbocycles. The Morgan fingerprint density at radius 3 is 1.60 bits per heavy atom. The maximum Gasteiger partial charge on any atom is 0.410 e. The molecule has 4 aliphatic rings. The Hall–Kier alpha value is -3.64. The first kappa shape index (κ1) is 32.7. The lowest BCUT2D eigenvalue weighted by atomic mass is 9.74. The molecule has 4 aliphatic heterocycles. The molecule has 2 aromatic rings. The van der Waals surface area contributed by atoms with Crippen molar-refractivity contribution in [3.63, 3.8) is 0 Å². The summed E-state index contributed by atoms with van der Waals surface area (Å²) < 4.78 is 10.9. The Kier molecular flexibility index (Phi) is 8.93. The lowest BCUT2D eigenvalue weighted by molar-refractivity contribution is 0.0161. The van der Waals surface area contributed by atoms with Crippen molar-refractivity contribution in [2.75, 3.05) is 49.9 Å². The Balaban J connectivity index is 0.000000178. The number of anilines is 2. The second-order valence-corrected chi connectivity index (χ2v) is 15.2. The first-order valence-corrected chi connectivity index (χ1v) is 16.3. The minimum absolute atomic E-state index is 0.0713. The van der Waals surface area contributed by atoms with Crippen LogP contribution in [0.5, 0.6) is 0 Å². The van der Waals surface area contributed by atoms with E-state index in [4.69, 9.17) is 26.3 Å². The average Bonchev–Trinajstić information content (AvgIpc) is 3.49. The third-order valence-corrected chi connectivity index (χ3v) is 9.49. The molecule has 0 atom stereocenters. The zero-order valence-corrected chi connectivity index (χ0v) is 28.1. The number of carbonyl (C=O) groups excluding carboxylic acids is 2. The summed E-state index contributed by atoms with van der Waals surface area (Å²) in [6.45, 7) is 16.0. The number of amides is 2. The van der Waals surface area contributed by atoms with Crippen molar-refractivity contribution in [3.05, 3.63) is 58.1 Å². The third-order valence-electron chi connectivity index (χ3n) is 9.25. The highest BCUT2D eigenvalue weighted by atomic mass is 35.5. The number of rotatable bonds is 0. The van der Waals surface area contributed by atoms with E-state index in [2.05, 4.69) is 28.8 Å². The van der Waals surface area contributed by atoms with Gasteiger partial charge in [0.1, 0.15) is 11.2 Å². The molecule has 0 radical (unpaired) electrons. The molecule has 2 aromatic carbocycles. The van der Waals surface area contributed by atoms with Crippen molar-refractivity contribution in [2.24, 2.45) is 0 Å². The van der Waals surface area contributed by atoms with Crippen LogP contribution in [0.2, 0.25) is 5.02 Å². The standard InChI is InChI=1S/C18H23N3O2.C17H23ClN2O2/c1-17(2,3)23-16(22)21-8-6-18(7-9-21)12-20-15-10-13(11-19)4-5-14(15)18;1-16(2,3)22-15(21)20-8-6-17(7-9-20)11-19-14-10-12(18)4-5-13(14)17/h4-5,10,20H,6-9,12H2,1-3H3;4-5,10,19H,6-9,11H2,1-3H3. The fraction of sp³-hybridized carbons (Fsp3) is 0.571. The van der Waals surface area contributed by atoms with E-state index in [0.29, 0.717) is 18.7 Å². The zero-order chi connectivity index (χ0) is 32.6. The predicted octanol–water partition coefficient (Wildman–Crippen LogP) is 7.29. The molecule has 45 heavy (non-hydrogen) atoms. The summed E-state index contributed by atoms with van der Waals surface area (Å²) in [5.74, 6) is 0. The molecular weight excluding hydrogens is 590 g/mol. The summed E-state index contributed by atoms with van der Waals surface area (Å²) in [7, 11) is 0. The van der Waals surface area contributed by atoms with E-state index < -0.39 is 11.2 Å².